The molecule has 0 aromatic heterocycles. The van der Waals surface area contributed by atoms with E-state index in [1.165, 1.54) is 14.1 Å². The lowest BCUT2D eigenvalue weighted by atomic mass is 10.2. The molecule has 0 heterocycles. The van der Waals surface area contributed by atoms with E-state index >= 15 is 0 Å². The van der Waals surface area contributed by atoms with Crippen molar-refractivity contribution in [3.63, 3.8) is 0 Å². The smallest absolute Gasteiger partial charge is 0.254 e. The number of benzene rings is 1. The molecule has 1 unspecified atom stereocenters. The Kier molecular flexibility index (Phi) is 7.30. The van der Waals surface area contributed by atoms with Crippen molar-refractivity contribution in [1.29, 1.82) is 0 Å². The van der Waals surface area contributed by atoms with Gasteiger partial charge in [0.15, 0.2) is 0 Å². The van der Waals surface area contributed by atoms with Crippen LogP contribution in [0.15, 0.2) is 29.2 Å². The summed E-state index contributed by atoms with van der Waals surface area (Å²) in [6, 6.07) is 6.52. The van der Waals surface area contributed by atoms with Crippen molar-refractivity contribution >= 4 is 30.0 Å². The van der Waals surface area contributed by atoms with Crippen molar-refractivity contribution in [2.24, 2.45) is 0 Å². The van der Waals surface area contributed by atoms with Crippen LogP contribution in [0.3, 0.4) is 0 Å². The molecule has 0 bridgehead atoms. The number of hydrogen-bond donors (Lipinski definition) is 0. The molecule has 138 valence electrons. The normalized spacial score (nSPS) is 14.5. The molecule has 0 saturated heterocycles. The van der Waals surface area contributed by atoms with Crippen LogP contribution >= 0.6 is 10.8 Å². The van der Waals surface area contributed by atoms with Crippen molar-refractivity contribution in [3.05, 3.63) is 29.8 Å². The highest BCUT2D eigenvalue weighted by atomic mass is 33.1. The Balaban J connectivity index is 3.02. The first kappa shape index (κ1) is 21.4. The standard InChI is InChI=1S/C15H25NO5S3/c1-5-6-7-14(12-16(3,4)24(19,20)21)22-23(17,18)15-10-8-13(2)9-11-15/h8-11,14H,5-7,12H2,1-4H3. The first-order valence-electron chi connectivity index (χ1n) is 7.68. The average Bonchev–Trinajstić information content (AvgIpc) is 2.43. The second-order valence-corrected chi connectivity index (χ2v) is 12.3. The third kappa shape index (κ3) is 6.03. The van der Waals surface area contributed by atoms with Crippen molar-refractivity contribution in [3.8, 4) is 0 Å². The van der Waals surface area contributed by atoms with Crippen LogP contribution in [0.1, 0.15) is 31.7 Å². The van der Waals surface area contributed by atoms with E-state index in [1.54, 1.807) is 24.3 Å². The van der Waals surface area contributed by atoms with Crippen LogP contribution in [0, 0.1) is 6.92 Å². The molecule has 6 nitrogen and oxygen atoms in total. The predicted molar refractivity (Wildman–Crippen MR) is 95.9 cm³/mol. The third-order valence-electron chi connectivity index (χ3n) is 3.70. The second-order valence-electron chi connectivity index (χ2n) is 6.31. The molecule has 0 N–H and O–H groups in total. The van der Waals surface area contributed by atoms with Crippen LogP contribution in [0.5, 0.6) is 0 Å². The topological polar surface area (TPSA) is 91.3 Å². The lowest BCUT2D eigenvalue weighted by molar-refractivity contribution is -0.767. The second kappa shape index (κ2) is 8.18. The van der Waals surface area contributed by atoms with Gasteiger partial charge in [-0.1, -0.05) is 37.5 Å². The van der Waals surface area contributed by atoms with Crippen LogP contribution in [0.25, 0.3) is 0 Å². The Morgan fingerprint density at radius 3 is 2.12 bits per heavy atom. The first-order valence-corrected chi connectivity index (χ1v) is 11.9. The molecule has 0 saturated carbocycles. The number of quaternary nitrogens is 1. The van der Waals surface area contributed by atoms with Crippen LogP contribution in [-0.4, -0.2) is 51.2 Å². The van der Waals surface area contributed by atoms with Crippen molar-refractivity contribution < 1.29 is 25.3 Å². The average molecular weight is 396 g/mol. The van der Waals surface area contributed by atoms with Gasteiger partial charge >= 0.3 is 0 Å². The van der Waals surface area contributed by atoms with E-state index in [0.29, 0.717) is 6.42 Å². The summed E-state index contributed by atoms with van der Waals surface area (Å²) in [5.41, 5.74) is 0.955. The minimum atomic E-state index is -4.57. The molecule has 0 fully saturated rings. The largest absolute Gasteiger partial charge is 0.702 e. The van der Waals surface area contributed by atoms with Crippen molar-refractivity contribution in [1.82, 2.24) is 0 Å². The molecule has 0 aliphatic heterocycles. The van der Waals surface area contributed by atoms with E-state index in [1.807, 2.05) is 13.8 Å². The summed E-state index contributed by atoms with van der Waals surface area (Å²) in [5.74, 6) is 0. The summed E-state index contributed by atoms with van der Waals surface area (Å²) in [6.45, 7) is 3.79. The van der Waals surface area contributed by atoms with Gasteiger partial charge in [0.25, 0.3) is 10.3 Å². The Morgan fingerprint density at radius 1 is 1.12 bits per heavy atom. The van der Waals surface area contributed by atoms with Gasteiger partial charge in [0, 0.05) is 0 Å². The van der Waals surface area contributed by atoms with Gasteiger partial charge in [0.05, 0.1) is 24.2 Å². The Labute approximate surface area is 149 Å². The molecule has 0 aliphatic carbocycles. The monoisotopic (exact) mass is 395 g/mol. The van der Waals surface area contributed by atoms with E-state index < -0.39 is 28.3 Å². The Bertz CT molecular complexity index is 740. The van der Waals surface area contributed by atoms with Crippen LogP contribution in [0.2, 0.25) is 0 Å². The number of nitrogens with zero attached hydrogens (tertiary/aromatic N) is 1. The van der Waals surface area contributed by atoms with Gasteiger partial charge < -0.3 is 4.55 Å². The van der Waals surface area contributed by atoms with Gasteiger partial charge in [-0.15, -0.1) is 0 Å². The molecular weight excluding hydrogens is 370 g/mol. The van der Waals surface area contributed by atoms with E-state index in [4.69, 9.17) is 0 Å². The molecule has 0 amide bonds. The summed E-state index contributed by atoms with van der Waals surface area (Å²) < 4.78 is 58.6. The lowest BCUT2D eigenvalue weighted by Gasteiger charge is -2.33. The number of hydrogen-bond acceptors (Lipinski definition) is 6. The van der Waals surface area contributed by atoms with Gasteiger partial charge in [-0.25, -0.2) is 12.3 Å². The minimum absolute atomic E-state index is 0.0540. The molecular formula is C15H25NO5S3. The van der Waals surface area contributed by atoms with Crippen LogP contribution < -0.4 is 0 Å². The molecule has 24 heavy (non-hydrogen) atoms. The number of unbranched alkanes of at least 4 members (excludes halogenated alkanes) is 1. The SMILES string of the molecule is CCCCC(C[N+](C)(C)S(=O)(=O)[O-])SS(=O)(=O)c1ccc(C)cc1. The molecule has 1 aromatic rings. The fraction of sp³-hybridized carbons (Fsp3) is 0.600. The highest BCUT2D eigenvalue weighted by molar-refractivity contribution is 8.72. The quantitative estimate of drug-likeness (QED) is 0.362. The molecule has 0 spiro atoms. The van der Waals surface area contributed by atoms with E-state index in [2.05, 4.69) is 0 Å². The summed E-state index contributed by atoms with van der Waals surface area (Å²) in [5, 5.41) is -0.477. The predicted octanol–water partition coefficient (Wildman–Crippen LogP) is 2.51. The van der Waals surface area contributed by atoms with Gasteiger partial charge in [-0.3, -0.25) is 0 Å². The highest BCUT2D eigenvalue weighted by Gasteiger charge is 2.32. The van der Waals surface area contributed by atoms with E-state index in [9.17, 15) is 21.4 Å². The Hall–Kier alpha value is -0.610. The van der Waals surface area contributed by atoms with Crippen molar-refractivity contribution in [2.75, 3.05) is 20.6 Å². The van der Waals surface area contributed by atoms with E-state index in [-0.39, 0.29) is 11.4 Å². The molecule has 1 rings (SSSR count). The zero-order valence-corrected chi connectivity index (χ0v) is 16.9. The molecule has 0 radical (unpaired) electrons. The lowest BCUT2D eigenvalue weighted by Crippen LogP contribution is -2.49. The maximum Gasteiger partial charge on any atom is 0.254 e. The highest BCUT2D eigenvalue weighted by Crippen LogP contribution is 2.32. The van der Waals surface area contributed by atoms with Crippen molar-refractivity contribution in [2.45, 2.75) is 43.3 Å². The maximum atomic E-state index is 12.6. The summed E-state index contributed by atoms with van der Waals surface area (Å²) in [4.78, 5) is 0.190. The molecule has 1 atom stereocenters. The van der Waals surface area contributed by atoms with Gasteiger partial charge in [0.2, 0.25) is 8.87 Å². The van der Waals surface area contributed by atoms with Gasteiger partial charge in [-0.2, -0.15) is 8.42 Å². The fourth-order valence-electron chi connectivity index (χ4n) is 2.12. The molecule has 1 aromatic carbocycles. The van der Waals surface area contributed by atoms with Crippen LogP contribution in [-0.2, 0) is 19.2 Å². The third-order valence-corrected chi connectivity index (χ3v) is 8.97. The zero-order valence-electron chi connectivity index (χ0n) is 14.4. The minimum Gasteiger partial charge on any atom is -0.702 e. The number of aryl methyl sites for hydroxylation is 1. The van der Waals surface area contributed by atoms with E-state index in [0.717, 1.165) is 29.2 Å². The zero-order chi connectivity index (χ0) is 18.6. The first-order chi connectivity index (χ1) is 10.9. The Morgan fingerprint density at radius 2 is 1.67 bits per heavy atom. The maximum absolute atomic E-state index is 12.6. The fourth-order valence-corrected chi connectivity index (χ4v) is 6.43. The van der Waals surface area contributed by atoms with Gasteiger partial charge in [-0.05, 0) is 36.3 Å². The summed E-state index contributed by atoms with van der Waals surface area (Å²) in [6.07, 6.45) is 2.16. The van der Waals surface area contributed by atoms with Crippen LogP contribution in [0.4, 0.5) is 0 Å². The summed E-state index contributed by atoms with van der Waals surface area (Å²) in [7, 11) is -4.86. The summed E-state index contributed by atoms with van der Waals surface area (Å²) >= 11 is 0. The molecule has 9 heteroatoms. The van der Waals surface area contributed by atoms with Gasteiger partial charge in [0.1, 0.15) is 6.54 Å². The molecule has 0 aliphatic rings. The number of rotatable bonds is 9.